The summed E-state index contributed by atoms with van der Waals surface area (Å²) in [6.07, 6.45) is 19.6. The van der Waals surface area contributed by atoms with E-state index in [1.807, 2.05) is 0 Å². The van der Waals surface area contributed by atoms with Crippen molar-refractivity contribution in [2.75, 3.05) is 19.8 Å². The van der Waals surface area contributed by atoms with E-state index in [0.717, 1.165) is 25.7 Å². The molecule has 0 aliphatic rings. The lowest BCUT2D eigenvalue weighted by Crippen LogP contribution is -2.40. The van der Waals surface area contributed by atoms with E-state index in [1.54, 1.807) is 0 Å². The van der Waals surface area contributed by atoms with Gasteiger partial charge in [0.2, 0.25) is 0 Å². The van der Waals surface area contributed by atoms with Gasteiger partial charge in [0.25, 0.3) is 0 Å². The summed E-state index contributed by atoms with van der Waals surface area (Å²) in [6.45, 7) is 1.28. The largest absolute Gasteiger partial charge is 0.634 e. The van der Waals surface area contributed by atoms with Gasteiger partial charge in [-0.15, -0.1) is 0 Å². The molecule has 0 aromatic carbocycles. The maximum Gasteiger partial charge on any atom is 0.634 e. The van der Waals surface area contributed by atoms with Crippen LogP contribution in [0.4, 0.5) is 0 Å². The molecule has 3 unspecified atom stereocenters. The Morgan fingerprint density at radius 2 is 1.25 bits per heavy atom. The van der Waals surface area contributed by atoms with E-state index in [2.05, 4.69) is 19.1 Å². The number of hydrogen-bond acceptors (Lipinski definition) is 7. The van der Waals surface area contributed by atoms with Gasteiger partial charge in [0, 0.05) is 0 Å². The summed E-state index contributed by atoms with van der Waals surface area (Å²) in [4.78, 5) is 0. The number of allylic oxidation sites excluding steroid dienone is 2. The molecule has 0 rings (SSSR count). The van der Waals surface area contributed by atoms with Gasteiger partial charge >= 0.3 is 7.32 Å². The van der Waals surface area contributed by atoms with Crippen LogP contribution in [0.1, 0.15) is 103 Å². The molecule has 0 aliphatic carbocycles. The number of aliphatic hydroxyl groups excluding tert-OH is 3. The molecule has 5 N–H and O–H groups in total. The zero-order valence-corrected chi connectivity index (χ0v) is 20.2. The monoisotopic (exact) mass is 460 g/mol. The Labute approximate surface area is 196 Å². The van der Waals surface area contributed by atoms with Crippen LogP contribution in [0.25, 0.3) is 0 Å². The van der Waals surface area contributed by atoms with Crippen molar-refractivity contribution >= 4 is 7.32 Å². The molecule has 0 aromatic heterocycles. The molecule has 0 heterocycles. The van der Waals surface area contributed by atoms with Crippen LogP contribution in [0, 0.1) is 0 Å². The molecule has 0 aliphatic heterocycles. The van der Waals surface area contributed by atoms with Crippen LogP contribution >= 0.6 is 0 Å². The van der Waals surface area contributed by atoms with Gasteiger partial charge in [-0.1, -0.05) is 83.3 Å². The van der Waals surface area contributed by atoms with Crippen LogP contribution in [0.15, 0.2) is 12.2 Å². The maximum atomic E-state index is 9.51. The molecule has 32 heavy (non-hydrogen) atoms. The van der Waals surface area contributed by atoms with E-state index in [-0.39, 0.29) is 13.2 Å². The Morgan fingerprint density at radius 1 is 0.719 bits per heavy atom. The van der Waals surface area contributed by atoms with Gasteiger partial charge in [-0.3, -0.25) is 0 Å². The van der Waals surface area contributed by atoms with E-state index >= 15 is 0 Å². The zero-order valence-electron chi connectivity index (χ0n) is 20.2. The van der Waals surface area contributed by atoms with Gasteiger partial charge in [-0.25, -0.2) is 0 Å². The second-order valence-electron chi connectivity index (χ2n) is 8.62. The van der Waals surface area contributed by atoms with Gasteiger partial charge in [0.15, 0.2) is 0 Å². The Kier molecular flexibility index (Phi) is 23.3. The van der Waals surface area contributed by atoms with Crippen LogP contribution in [0.3, 0.4) is 0 Å². The first-order chi connectivity index (χ1) is 15.5. The summed E-state index contributed by atoms with van der Waals surface area (Å²) < 4.78 is 10.4. The van der Waals surface area contributed by atoms with Crippen molar-refractivity contribution in [3.05, 3.63) is 12.2 Å². The smallest absolute Gasteiger partial charge is 0.402 e. The molecule has 0 spiro atoms. The number of hydrogen-bond donors (Lipinski definition) is 5. The Bertz CT molecular complexity index is 410. The number of ether oxygens (including phenoxy) is 1. The molecule has 0 amide bonds. The van der Waals surface area contributed by atoms with E-state index in [4.69, 9.17) is 24.5 Å². The summed E-state index contributed by atoms with van der Waals surface area (Å²) >= 11 is 0. The molecule has 8 heteroatoms. The Balaban J connectivity index is 3.79. The fraction of sp³-hybridized carbons (Fsp3) is 0.917. The molecule has 0 saturated heterocycles. The summed E-state index contributed by atoms with van der Waals surface area (Å²) in [7, 11) is -1.95. The van der Waals surface area contributed by atoms with E-state index in [1.165, 1.54) is 64.2 Å². The molecule has 3 atom stereocenters. The number of rotatable bonds is 24. The fourth-order valence-electron chi connectivity index (χ4n) is 3.66. The average molecular weight is 460 g/mol. The van der Waals surface area contributed by atoms with Crippen LogP contribution in [0.5, 0.6) is 0 Å². The molecule has 0 bridgehead atoms. The van der Waals surface area contributed by atoms with E-state index in [9.17, 15) is 10.2 Å². The summed E-state index contributed by atoms with van der Waals surface area (Å²) in [6, 6.07) is 0. The lowest BCUT2D eigenvalue weighted by molar-refractivity contribution is -0.0959. The van der Waals surface area contributed by atoms with E-state index < -0.39 is 32.2 Å². The van der Waals surface area contributed by atoms with Crippen molar-refractivity contribution in [1.29, 1.82) is 0 Å². The Hall–Kier alpha value is -0.475. The molecular formula is C24H49BO7. The highest BCUT2D eigenvalue weighted by molar-refractivity contribution is 6.32. The zero-order chi connectivity index (χ0) is 23.9. The van der Waals surface area contributed by atoms with Crippen LogP contribution in [0.2, 0.25) is 0 Å². The lowest BCUT2D eigenvalue weighted by atomic mass is 10.0. The average Bonchev–Trinajstić information content (AvgIpc) is 2.78. The van der Waals surface area contributed by atoms with Crippen molar-refractivity contribution < 1.29 is 34.8 Å². The maximum absolute atomic E-state index is 9.51. The fourth-order valence-corrected chi connectivity index (χ4v) is 3.66. The minimum Gasteiger partial charge on any atom is -0.402 e. The molecule has 7 nitrogen and oxygen atoms in total. The van der Waals surface area contributed by atoms with Gasteiger partial charge in [-0.2, -0.15) is 0 Å². The second kappa shape index (κ2) is 23.7. The predicted octanol–water partition coefficient (Wildman–Crippen LogP) is 3.50. The minimum absolute atomic E-state index is 0.156. The minimum atomic E-state index is -1.95. The van der Waals surface area contributed by atoms with Gasteiger partial charge in [0.1, 0.15) is 12.2 Å². The quantitative estimate of drug-likeness (QED) is 0.0850. The standard InChI is InChI=1S/C24H49BO7/c1-2-3-4-5-6-7-8-9-10-11-12-13-14-15-16-17-18-23(32-25(29)30)24(20-27)31-21-22(28)19-26/h9-10,22-24,26-30H,2-8,11-21H2,1H3/b10-9-. The first-order valence-electron chi connectivity index (χ1n) is 12.7. The molecular weight excluding hydrogens is 411 g/mol. The molecule has 190 valence electrons. The first-order valence-corrected chi connectivity index (χ1v) is 12.7. The molecule has 0 fully saturated rings. The third kappa shape index (κ3) is 20.2. The van der Waals surface area contributed by atoms with Crippen molar-refractivity contribution in [1.82, 2.24) is 0 Å². The topological polar surface area (TPSA) is 120 Å². The van der Waals surface area contributed by atoms with Crippen LogP contribution < -0.4 is 0 Å². The third-order valence-corrected chi connectivity index (χ3v) is 5.61. The van der Waals surface area contributed by atoms with E-state index in [0.29, 0.717) is 6.42 Å². The predicted molar refractivity (Wildman–Crippen MR) is 129 cm³/mol. The number of aliphatic hydroxyl groups is 3. The lowest BCUT2D eigenvalue weighted by Gasteiger charge is -2.27. The van der Waals surface area contributed by atoms with Gasteiger partial charge in [0.05, 0.1) is 25.9 Å². The second-order valence-corrected chi connectivity index (χ2v) is 8.62. The van der Waals surface area contributed by atoms with Gasteiger partial charge < -0.3 is 34.8 Å². The normalized spacial score (nSPS) is 14.7. The summed E-state index contributed by atoms with van der Waals surface area (Å²) in [5.74, 6) is 0. The number of unbranched alkanes of at least 4 members (excludes halogenated alkanes) is 12. The van der Waals surface area contributed by atoms with Crippen molar-refractivity contribution in [2.24, 2.45) is 0 Å². The summed E-state index contributed by atoms with van der Waals surface area (Å²) in [5, 5.41) is 46.0. The Morgan fingerprint density at radius 3 is 1.75 bits per heavy atom. The summed E-state index contributed by atoms with van der Waals surface area (Å²) in [5.41, 5.74) is 0. The first kappa shape index (κ1) is 31.5. The van der Waals surface area contributed by atoms with Crippen LogP contribution in [-0.4, -0.2) is 70.8 Å². The molecule has 0 saturated carbocycles. The molecule has 0 aromatic rings. The highest BCUT2D eigenvalue weighted by Gasteiger charge is 2.27. The molecule has 0 radical (unpaired) electrons. The van der Waals surface area contributed by atoms with Crippen molar-refractivity contribution in [3.8, 4) is 0 Å². The SMILES string of the molecule is CCCCCCCC/C=C\CCCCCCCCC(OB(O)O)C(CO)OCC(O)CO. The van der Waals surface area contributed by atoms with Crippen LogP contribution in [-0.2, 0) is 9.39 Å². The van der Waals surface area contributed by atoms with Crippen molar-refractivity contribution in [2.45, 2.75) is 122 Å². The highest BCUT2D eigenvalue weighted by Crippen LogP contribution is 2.16. The van der Waals surface area contributed by atoms with Gasteiger partial charge in [-0.05, 0) is 32.1 Å². The highest BCUT2D eigenvalue weighted by atomic mass is 16.6. The third-order valence-electron chi connectivity index (χ3n) is 5.61. The van der Waals surface area contributed by atoms with Crippen molar-refractivity contribution in [3.63, 3.8) is 0 Å².